The Morgan fingerprint density at radius 3 is 2.67 bits per heavy atom. The van der Waals surface area contributed by atoms with Gasteiger partial charge in [0.05, 0.1) is 5.69 Å². The lowest BCUT2D eigenvalue weighted by atomic mass is 10.1. The van der Waals surface area contributed by atoms with Crippen molar-refractivity contribution in [3.8, 4) is 0 Å². The lowest BCUT2D eigenvalue weighted by Gasteiger charge is -2.11. The molecule has 0 aliphatic heterocycles. The number of benzene rings is 1. The molecule has 0 saturated carbocycles. The normalized spacial score (nSPS) is 9.47. The van der Waals surface area contributed by atoms with Crippen molar-refractivity contribution in [3.05, 3.63) is 29.3 Å². The molecule has 0 heterocycles. The van der Waals surface area contributed by atoms with Crippen LogP contribution in [-0.2, 0) is 0 Å². The summed E-state index contributed by atoms with van der Waals surface area (Å²) in [6, 6.07) is 5.20. The molecule has 0 atom stereocenters. The number of rotatable bonds is 2. The minimum atomic E-state index is -0.293. The van der Waals surface area contributed by atoms with Crippen molar-refractivity contribution in [2.75, 3.05) is 12.4 Å². The van der Waals surface area contributed by atoms with Gasteiger partial charge in [0.25, 0.3) is 0 Å². The predicted molar refractivity (Wildman–Crippen MR) is 65.1 cm³/mol. The van der Waals surface area contributed by atoms with E-state index in [1.54, 1.807) is 13.1 Å². The summed E-state index contributed by atoms with van der Waals surface area (Å²) in [4.78, 5) is 11.4. The van der Waals surface area contributed by atoms with Crippen molar-refractivity contribution in [3.63, 3.8) is 0 Å². The highest BCUT2D eigenvalue weighted by Gasteiger charge is 2.09. The molecule has 1 aromatic carbocycles. The van der Waals surface area contributed by atoms with Crippen molar-refractivity contribution < 1.29 is 4.79 Å². The zero-order valence-electron chi connectivity index (χ0n) is 8.63. The molecular formula is C10H13N3OS. The zero-order chi connectivity index (χ0) is 11.4. The van der Waals surface area contributed by atoms with Gasteiger partial charge in [-0.1, -0.05) is 24.4 Å². The van der Waals surface area contributed by atoms with E-state index in [1.807, 2.05) is 19.1 Å². The number of carbonyl (C=O) groups is 1. The maximum absolute atomic E-state index is 11.2. The molecule has 0 aliphatic rings. The molecule has 4 N–H and O–H groups in total. The maximum atomic E-state index is 11.2. The Labute approximate surface area is 93.9 Å². The average Bonchev–Trinajstić information content (AvgIpc) is 2.17. The third-order valence-corrected chi connectivity index (χ3v) is 2.20. The summed E-state index contributed by atoms with van der Waals surface area (Å²) in [6.45, 7) is 1.89. The van der Waals surface area contributed by atoms with E-state index in [0.29, 0.717) is 11.3 Å². The molecule has 0 bridgehead atoms. The van der Waals surface area contributed by atoms with Crippen LogP contribution in [-0.4, -0.2) is 18.1 Å². The highest BCUT2D eigenvalue weighted by atomic mass is 32.1. The van der Waals surface area contributed by atoms with Gasteiger partial charge in [0.15, 0.2) is 0 Å². The van der Waals surface area contributed by atoms with E-state index in [1.165, 1.54) is 0 Å². The quantitative estimate of drug-likeness (QED) is 0.663. The topological polar surface area (TPSA) is 67.2 Å². The Hall–Kier alpha value is -1.62. The van der Waals surface area contributed by atoms with E-state index in [0.717, 1.165) is 5.56 Å². The van der Waals surface area contributed by atoms with Crippen LogP contribution in [0, 0.1) is 6.92 Å². The fraction of sp³-hybridized carbons (Fsp3) is 0.200. The summed E-state index contributed by atoms with van der Waals surface area (Å²) < 4.78 is 0. The van der Waals surface area contributed by atoms with E-state index in [9.17, 15) is 4.79 Å². The molecule has 0 fully saturated rings. The smallest absolute Gasteiger partial charge is 0.318 e. The molecule has 0 spiro atoms. The third-order valence-electron chi connectivity index (χ3n) is 1.99. The maximum Gasteiger partial charge on any atom is 0.318 e. The zero-order valence-corrected chi connectivity index (χ0v) is 9.44. The van der Waals surface area contributed by atoms with E-state index >= 15 is 0 Å². The van der Waals surface area contributed by atoms with Gasteiger partial charge in [-0.2, -0.15) is 0 Å². The van der Waals surface area contributed by atoms with Crippen LogP contribution in [0.3, 0.4) is 0 Å². The molecule has 0 unspecified atom stereocenters. The van der Waals surface area contributed by atoms with Gasteiger partial charge in [0.1, 0.15) is 4.99 Å². The Balaban J connectivity index is 3.11. The molecule has 4 nitrogen and oxygen atoms in total. The van der Waals surface area contributed by atoms with Crippen LogP contribution >= 0.6 is 12.2 Å². The van der Waals surface area contributed by atoms with E-state index in [-0.39, 0.29) is 11.0 Å². The van der Waals surface area contributed by atoms with Gasteiger partial charge >= 0.3 is 6.03 Å². The Morgan fingerprint density at radius 2 is 2.13 bits per heavy atom. The summed E-state index contributed by atoms with van der Waals surface area (Å²) in [5.41, 5.74) is 7.86. The second-order valence-electron chi connectivity index (χ2n) is 3.07. The third kappa shape index (κ3) is 2.66. The minimum Gasteiger partial charge on any atom is -0.389 e. The number of hydrogen-bond acceptors (Lipinski definition) is 2. The Kier molecular flexibility index (Phi) is 3.62. The predicted octanol–water partition coefficient (Wildman–Crippen LogP) is 1.38. The average molecular weight is 223 g/mol. The molecule has 5 heteroatoms. The highest BCUT2D eigenvalue weighted by Crippen LogP contribution is 2.19. The van der Waals surface area contributed by atoms with E-state index in [4.69, 9.17) is 18.0 Å². The van der Waals surface area contributed by atoms with Crippen LogP contribution in [0.4, 0.5) is 10.5 Å². The van der Waals surface area contributed by atoms with Crippen LogP contribution in [0.15, 0.2) is 18.2 Å². The lowest BCUT2D eigenvalue weighted by Crippen LogP contribution is -2.26. The minimum absolute atomic E-state index is 0.277. The molecule has 15 heavy (non-hydrogen) atoms. The van der Waals surface area contributed by atoms with Crippen LogP contribution in [0.2, 0.25) is 0 Å². The molecule has 0 aromatic heterocycles. The summed E-state index contributed by atoms with van der Waals surface area (Å²) in [5, 5.41) is 5.13. The number of thiocarbonyl (C=S) groups is 1. The largest absolute Gasteiger partial charge is 0.389 e. The van der Waals surface area contributed by atoms with Crippen LogP contribution in [0.1, 0.15) is 11.1 Å². The van der Waals surface area contributed by atoms with Crippen LogP contribution in [0.5, 0.6) is 0 Å². The summed E-state index contributed by atoms with van der Waals surface area (Å²) in [5.74, 6) is 0. The summed E-state index contributed by atoms with van der Waals surface area (Å²) in [7, 11) is 1.55. The summed E-state index contributed by atoms with van der Waals surface area (Å²) >= 11 is 4.93. The highest BCUT2D eigenvalue weighted by molar-refractivity contribution is 7.80. The van der Waals surface area contributed by atoms with E-state index in [2.05, 4.69) is 10.6 Å². The van der Waals surface area contributed by atoms with Gasteiger partial charge in [-0.05, 0) is 18.6 Å². The van der Waals surface area contributed by atoms with Gasteiger partial charge in [-0.25, -0.2) is 4.79 Å². The SMILES string of the molecule is CNC(=O)Nc1cccc(C)c1C(N)=S. The molecule has 80 valence electrons. The number of nitrogens with two attached hydrogens (primary N) is 1. The first kappa shape index (κ1) is 11.5. The molecule has 1 aromatic rings. The number of nitrogens with one attached hydrogen (secondary N) is 2. The van der Waals surface area contributed by atoms with Crippen molar-refractivity contribution in [2.45, 2.75) is 6.92 Å². The first-order valence-electron chi connectivity index (χ1n) is 4.44. The van der Waals surface area contributed by atoms with Crippen molar-refractivity contribution in [2.24, 2.45) is 5.73 Å². The number of carbonyl (C=O) groups excluding carboxylic acids is 1. The molecule has 0 radical (unpaired) electrons. The number of amides is 2. The monoisotopic (exact) mass is 223 g/mol. The fourth-order valence-electron chi connectivity index (χ4n) is 1.28. The first-order valence-corrected chi connectivity index (χ1v) is 4.85. The van der Waals surface area contributed by atoms with Gasteiger partial charge in [-0.15, -0.1) is 0 Å². The number of hydrogen-bond donors (Lipinski definition) is 3. The fourth-order valence-corrected chi connectivity index (χ4v) is 1.55. The second kappa shape index (κ2) is 4.75. The second-order valence-corrected chi connectivity index (χ2v) is 3.51. The first-order chi connectivity index (χ1) is 7.06. The van der Waals surface area contributed by atoms with Crippen molar-refractivity contribution in [1.29, 1.82) is 0 Å². The molecular weight excluding hydrogens is 210 g/mol. The number of anilines is 1. The van der Waals surface area contributed by atoms with Gasteiger partial charge in [-0.3, -0.25) is 0 Å². The van der Waals surface area contributed by atoms with Gasteiger partial charge in [0.2, 0.25) is 0 Å². The molecule has 0 aliphatic carbocycles. The molecule has 1 rings (SSSR count). The Morgan fingerprint density at radius 1 is 1.47 bits per heavy atom. The van der Waals surface area contributed by atoms with Crippen molar-refractivity contribution in [1.82, 2.24) is 5.32 Å². The molecule has 0 saturated heterocycles. The summed E-state index contributed by atoms with van der Waals surface area (Å²) in [6.07, 6.45) is 0. The lowest BCUT2D eigenvalue weighted by molar-refractivity contribution is 0.254. The van der Waals surface area contributed by atoms with Crippen molar-refractivity contribution >= 4 is 28.9 Å². The Bertz CT molecular complexity index is 404. The molecule has 2 amide bonds. The van der Waals surface area contributed by atoms with E-state index < -0.39 is 0 Å². The van der Waals surface area contributed by atoms with Crippen LogP contribution in [0.25, 0.3) is 0 Å². The standard InChI is InChI=1S/C10H13N3OS/c1-6-4-3-5-7(8(6)9(11)15)13-10(14)12-2/h3-5H,1-2H3,(H2,11,15)(H2,12,13,14). The van der Waals surface area contributed by atoms with Gasteiger partial charge < -0.3 is 16.4 Å². The van der Waals surface area contributed by atoms with Gasteiger partial charge in [0, 0.05) is 12.6 Å². The number of urea groups is 1. The van der Waals surface area contributed by atoms with Crippen LogP contribution < -0.4 is 16.4 Å². The number of aryl methyl sites for hydroxylation is 1.